The van der Waals surface area contributed by atoms with Gasteiger partial charge in [0.2, 0.25) is 5.75 Å². The first kappa shape index (κ1) is 24.5. The van der Waals surface area contributed by atoms with Crippen LogP contribution in [0.25, 0.3) is 0 Å². The Morgan fingerprint density at radius 2 is 1.50 bits per heavy atom. The molecule has 7 N–H and O–H groups in total. The van der Waals surface area contributed by atoms with Gasteiger partial charge in [0, 0.05) is 29.7 Å². The number of esters is 1. The van der Waals surface area contributed by atoms with Crippen LogP contribution in [0.1, 0.15) is 41.4 Å². The van der Waals surface area contributed by atoms with Gasteiger partial charge in [-0.25, -0.2) is 4.79 Å². The van der Waals surface area contributed by atoms with Gasteiger partial charge in [0.15, 0.2) is 34.9 Å². The Morgan fingerprint density at radius 3 is 2.14 bits per heavy atom. The number of hydrogen-bond donors (Lipinski definition) is 7. The summed E-state index contributed by atoms with van der Waals surface area (Å²) in [4.78, 5) is 13.1. The summed E-state index contributed by atoms with van der Waals surface area (Å²) in [6, 6.07) is 6.73. The Kier molecular flexibility index (Phi) is 6.23. The molecule has 0 amide bonds. The molecule has 3 aromatic carbocycles. The molecule has 0 aromatic heterocycles. The van der Waals surface area contributed by atoms with Gasteiger partial charge >= 0.3 is 5.97 Å². The average Bonchev–Trinajstić information content (AvgIpc) is 2.79. The number of rotatable bonds is 5. The van der Waals surface area contributed by atoms with Crippen LogP contribution >= 0.6 is 0 Å². The molecule has 11 nitrogen and oxygen atoms in total. The van der Waals surface area contributed by atoms with Crippen LogP contribution in [-0.2, 0) is 11.2 Å². The van der Waals surface area contributed by atoms with Crippen molar-refractivity contribution < 1.29 is 54.8 Å². The highest BCUT2D eigenvalue weighted by molar-refractivity contribution is 5.91. The van der Waals surface area contributed by atoms with E-state index in [4.69, 9.17) is 14.2 Å². The third kappa shape index (κ3) is 4.63. The molecule has 0 aliphatic carbocycles. The smallest absolute Gasteiger partial charge is 0.338 e. The zero-order valence-corrected chi connectivity index (χ0v) is 19.2. The number of carbonyl (C=O) groups excluding carboxylic acids is 1. The van der Waals surface area contributed by atoms with Crippen LogP contribution in [0.3, 0.4) is 0 Å². The van der Waals surface area contributed by atoms with E-state index in [0.717, 1.165) is 24.3 Å². The number of hydrogen-bond acceptors (Lipinski definition) is 11. The monoisotopic (exact) mass is 500 g/mol. The van der Waals surface area contributed by atoms with Crippen molar-refractivity contribution in [2.24, 2.45) is 0 Å². The van der Waals surface area contributed by atoms with Crippen LogP contribution in [-0.4, -0.2) is 53.9 Å². The highest BCUT2D eigenvalue weighted by Gasteiger charge is 2.37. The molecule has 190 valence electrons. The van der Waals surface area contributed by atoms with Crippen molar-refractivity contribution in [1.82, 2.24) is 0 Å². The highest BCUT2D eigenvalue weighted by atomic mass is 16.6. The first-order valence-electron chi connectivity index (χ1n) is 10.8. The number of phenolic OH excluding ortho intramolecular Hbond substituents is 7. The zero-order chi connectivity index (χ0) is 26.3. The number of benzene rings is 3. The number of carbonyl (C=O) groups is 1. The van der Waals surface area contributed by atoms with Crippen LogP contribution in [0.5, 0.6) is 51.7 Å². The maximum atomic E-state index is 13.1. The third-order valence-electron chi connectivity index (χ3n) is 5.50. The van der Waals surface area contributed by atoms with Gasteiger partial charge in [-0.3, -0.25) is 0 Å². The minimum atomic E-state index is -1.16. The number of phenols is 7. The fourth-order valence-corrected chi connectivity index (χ4v) is 3.88. The minimum absolute atomic E-state index is 0.0757. The van der Waals surface area contributed by atoms with Gasteiger partial charge in [-0.05, 0) is 38.1 Å². The van der Waals surface area contributed by atoms with Gasteiger partial charge in [-0.15, -0.1) is 0 Å². The van der Waals surface area contributed by atoms with Crippen LogP contribution in [0.15, 0.2) is 36.4 Å². The van der Waals surface area contributed by atoms with Crippen molar-refractivity contribution in [1.29, 1.82) is 0 Å². The first-order chi connectivity index (χ1) is 16.9. The molecule has 1 aliphatic rings. The van der Waals surface area contributed by atoms with Crippen molar-refractivity contribution in [3.8, 4) is 51.7 Å². The second-order valence-corrected chi connectivity index (χ2v) is 8.54. The number of aromatic hydroxyl groups is 7. The summed E-state index contributed by atoms with van der Waals surface area (Å²) in [5.41, 5.74) is 0.190. The lowest BCUT2D eigenvalue weighted by molar-refractivity contribution is -0.0189. The van der Waals surface area contributed by atoms with E-state index in [1.54, 1.807) is 13.8 Å². The number of ether oxygens (including phenoxy) is 3. The van der Waals surface area contributed by atoms with Crippen LogP contribution in [0.2, 0.25) is 0 Å². The predicted octanol–water partition coefficient (Wildman–Crippen LogP) is 3.31. The van der Waals surface area contributed by atoms with Crippen LogP contribution < -0.4 is 9.47 Å². The summed E-state index contributed by atoms with van der Waals surface area (Å²) >= 11 is 0. The fraction of sp³-hybridized carbons (Fsp3) is 0.240. The van der Waals surface area contributed by atoms with Crippen molar-refractivity contribution in [3.05, 3.63) is 53.1 Å². The van der Waals surface area contributed by atoms with Gasteiger partial charge in [-0.1, -0.05) is 0 Å². The standard InChI is InChI=1S/C25H24O11/c1-10(2)34-20-6-12(5-18(30)23(20)32)25(33)36-21-9-14-15(27)7-13(26)8-19(14)35-24(21)11-3-16(28)22(31)17(29)4-11/h3-8,10,21,24,26-32H,9H2,1-2H3/t21-,24-/m1/s1. The van der Waals surface area contributed by atoms with Crippen molar-refractivity contribution >= 4 is 5.97 Å². The molecule has 11 heteroatoms. The van der Waals surface area contributed by atoms with E-state index in [1.807, 2.05) is 0 Å². The normalized spacial score (nSPS) is 16.8. The van der Waals surface area contributed by atoms with Crippen LogP contribution in [0.4, 0.5) is 0 Å². The molecule has 1 heterocycles. The van der Waals surface area contributed by atoms with E-state index in [-0.39, 0.29) is 52.2 Å². The fourth-order valence-electron chi connectivity index (χ4n) is 3.88. The molecule has 0 radical (unpaired) electrons. The van der Waals surface area contributed by atoms with Crippen molar-refractivity contribution in [2.75, 3.05) is 0 Å². The van der Waals surface area contributed by atoms with Gasteiger partial charge in [0.25, 0.3) is 0 Å². The highest BCUT2D eigenvalue weighted by Crippen LogP contribution is 2.46. The van der Waals surface area contributed by atoms with Gasteiger partial charge in [-0.2, -0.15) is 0 Å². The van der Waals surface area contributed by atoms with E-state index in [9.17, 15) is 40.5 Å². The molecule has 2 atom stereocenters. The maximum Gasteiger partial charge on any atom is 0.338 e. The molecular weight excluding hydrogens is 476 g/mol. The second-order valence-electron chi connectivity index (χ2n) is 8.54. The Balaban J connectivity index is 1.73. The molecule has 3 aromatic rings. The molecule has 0 bridgehead atoms. The van der Waals surface area contributed by atoms with E-state index in [0.29, 0.717) is 0 Å². The molecule has 0 unspecified atom stereocenters. The van der Waals surface area contributed by atoms with E-state index in [1.165, 1.54) is 12.1 Å². The zero-order valence-electron chi connectivity index (χ0n) is 19.2. The minimum Gasteiger partial charge on any atom is -0.508 e. The lowest BCUT2D eigenvalue weighted by Crippen LogP contribution is -2.34. The van der Waals surface area contributed by atoms with E-state index >= 15 is 0 Å². The first-order valence-corrected chi connectivity index (χ1v) is 10.8. The predicted molar refractivity (Wildman–Crippen MR) is 123 cm³/mol. The SMILES string of the molecule is CC(C)Oc1cc(C(=O)O[C@@H]2Cc3c(O)cc(O)cc3O[C@@H]2c2cc(O)c(O)c(O)c2)cc(O)c1O. The van der Waals surface area contributed by atoms with Crippen molar-refractivity contribution in [3.63, 3.8) is 0 Å². The average molecular weight is 500 g/mol. The lowest BCUT2D eigenvalue weighted by atomic mass is 9.93. The van der Waals surface area contributed by atoms with Gasteiger partial charge in [0.1, 0.15) is 23.4 Å². The van der Waals surface area contributed by atoms with E-state index in [2.05, 4.69) is 0 Å². The number of fused-ring (bicyclic) bond motifs is 1. The Bertz CT molecular complexity index is 1310. The Labute approximate surface area is 204 Å². The summed E-state index contributed by atoms with van der Waals surface area (Å²) in [6.45, 7) is 3.38. The molecule has 4 rings (SSSR count). The molecule has 0 saturated carbocycles. The van der Waals surface area contributed by atoms with Crippen molar-refractivity contribution in [2.45, 2.75) is 38.6 Å². The van der Waals surface area contributed by atoms with Gasteiger partial charge in [0.05, 0.1) is 11.7 Å². The summed E-state index contributed by atoms with van der Waals surface area (Å²) in [7, 11) is 0. The molecular formula is C25H24O11. The van der Waals surface area contributed by atoms with Crippen LogP contribution in [0, 0.1) is 0 Å². The third-order valence-corrected chi connectivity index (χ3v) is 5.50. The quantitative estimate of drug-likeness (QED) is 0.201. The maximum absolute atomic E-state index is 13.1. The molecule has 1 aliphatic heterocycles. The topological polar surface area (TPSA) is 186 Å². The summed E-state index contributed by atoms with van der Waals surface area (Å²) in [5.74, 6) is -4.81. The Morgan fingerprint density at radius 1 is 0.861 bits per heavy atom. The molecule has 36 heavy (non-hydrogen) atoms. The van der Waals surface area contributed by atoms with Gasteiger partial charge < -0.3 is 50.0 Å². The largest absolute Gasteiger partial charge is 0.508 e. The summed E-state index contributed by atoms with van der Waals surface area (Å²) in [6.07, 6.45) is -2.77. The van der Waals surface area contributed by atoms with E-state index < -0.39 is 46.9 Å². The lowest BCUT2D eigenvalue weighted by Gasteiger charge is -2.34. The summed E-state index contributed by atoms with van der Waals surface area (Å²) < 4.78 is 17.0. The summed E-state index contributed by atoms with van der Waals surface area (Å²) in [5, 5.41) is 69.9. The Hall–Kier alpha value is -4.67. The molecule has 0 saturated heterocycles. The molecule has 0 fully saturated rings. The second kappa shape index (κ2) is 9.17. The molecule has 0 spiro atoms.